The Morgan fingerprint density at radius 1 is 1.35 bits per heavy atom. The van der Waals surface area contributed by atoms with Gasteiger partial charge in [-0.15, -0.1) is 24.0 Å². The molecule has 1 aromatic carbocycles. The molecule has 2 N–H and O–H groups in total. The van der Waals surface area contributed by atoms with E-state index in [2.05, 4.69) is 37.9 Å². The molecule has 0 radical (unpaired) electrons. The largest absolute Gasteiger partial charge is 0.356 e. The number of aryl methyl sites for hydroxylation is 2. The lowest BCUT2D eigenvalue weighted by Crippen LogP contribution is -2.41. The van der Waals surface area contributed by atoms with Gasteiger partial charge in [0.2, 0.25) is 5.89 Å². The number of nitrogens with one attached hydrogen (secondary N) is 2. The Labute approximate surface area is 176 Å². The molecule has 26 heavy (non-hydrogen) atoms. The monoisotopic (exact) mass is 489 g/mol. The van der Waals surface area contributed by atoms with Crippen molar-refractivity contribution in [3.63, 3.8) is 0 Å². The van der Waals surface area contributed by atoms with Crippen LogP contribution in [0.15, 0.2) is 33.8 Å². The van der Waals surface area contributed by atoms with Crippen LogP contribution >= 0.6 is 35.6 Å². The standard InChI is InChI=1S/C18H24ClN5O.HI/c1-13-23-16(25-24-13)7-4-10-21-17(20-2)22-12-18(8-9-18)14-5-3-6-15(19)11-14;/h3,5-6,11H,4,7-10,12H2,1-2H3,(H2,20,21,22);1H. The molecule has 1 aromatic heterocycles. The van der Waals surface area contributed by atoms with Crippen molar-refractivity contribution in [1.82, 2.24) is 20.8 Å². The Hall–Kier alpha value is -1.35. The van der Waals surface area contributed by atoms with Gasteiger partial charge in [0, 0.05) is 37.0 Å². The van der Waals surface area contributed by atoms with Crippen molar-refractivity contribution >= 4 is 41.5 Å². The van der Waals surface area contributed by atoms with E-state index in [9.17, 15) is 0 Å². The first-order valence-electron chi connectivity index (χ1n) is 8.61. The predicted octanol–water partition coefficient (Wildman–Crippen LogP) is 3.48. The number of rotatable bonds is 7. The molecule has 3 rings (SSSR count). The molecule has 0 aliphatic heterocycles. The fraction of sp³-hybridized carbons (Fsp3) is 0.500. The third-order valence-corrected chi connectivity index (χ3v) is 4.77. The predicted molar refractivity (Wildman–Crippen MR) is 114 cm³/mol. The Morgan fingerprint density at radius 2 is 2.15 bits per heavy atom. The van der Waals surface area contributed by atoms with Crippen LogP contribution in [-0.2, 0) is 11.8 Å². The summed E-state index contributed by atoms with van der Waals surface area (Å²) in [4.78, 5) is 8.50. The van der Waals surface area contributed by atoms with Crippen LogP contribution in [0, 0.1) is 6.92 Å². The second-order valence-electron chi connectivity index (χ2n) is 6.48. The lowest BCUT2D eigenvalue weighted by atomic mass is 9.96. The van der Waals surface area contributed by atoms with Crippen molar-refractivity contribution in [2.24, 2.45) is 4.99 Å². The zero-order chi connectivity index (χ0) is 17.7. The zero-order valence-electron chi connectivity index (χ0n) is 15.1. The second-order valence-corrected chi connectivity index (χ2v) is 6.92. The molecule has 142 valence electrons. The molecule has 0 amide bonds. The van der Waals surface area contributed by atoms with E-state index < -0.39 is 0 Å². The first-order chi connectivity index (χ1) is 12.1. The average Bonchev–Trinajstić information content (AvgIpc) is 3.29. The molecular weight excluding hydrogens is 465 g/mol. The average molecular weight is 490 g/mol. The summed E-state index contributed by atoms with van der Waals surface area (Å²) in [5, 5.41) is 11.4. The summed E-state index contributed by atoms with van der Waals surface area (Å²) in [6.45, 7) is 3.48. The van der Waals surface area contributed by atoms with Crippen LogP contribution in [0.4, 0.5) is 0 Å². The third kappa shape index (κ3) is 5.57. The fourth-order valence-corrected chi connectivity index (χ4v) is 3.09. The molecule has 8 heteroatoms. The Morgan fingerprint density at radius 3 is 2.77 bits per heavy atom. The molecule has 0 atom stereocenters. The first kappa shape index (κ1) is 21.0. The van der Waals surface area contributed by atoms with E-state index in [0.717, 1.165) is 36.9 Å². The van der Waals surface area contributed by atoms with Gasteiger partial charge in [0.15, 0.2) is 11.8 Å². The SMILES string of the molecule is CN=C(NCCCc1nc(C)no1)NCC1(c2cccc(Cl)c2)CC1.I. The lowest BCUT2D eigenvalue weighted by Gasteiger charge is -2.19. The lowest BCUT2D eigenvalue weighted by molar-refractivity contribution is 0.372. The fourth-order valence-electron chi connectivity index (χ4n) is 2.90. The number of aliphatic imine (C=N–C) groups is 1. The minimum atomic E-state index is 0. The normalized spacial score (nSPS) is 15.3. The van der Waals surface area contributed by atoms with Crippen LogP contribution in [0.2, 0.25) is 5.02 Å². The van der Waals surface area contributed by atoms with Gasteiger partial charge >= 0.3 is 0 Å². The summed E-state index contributed by atoms with van der Waals surface area (Å²) in [7, 11) is 1.79. The van der Waals surface area contributed by atoms with Gasteiger partial charge in [-0.1, -0.05) is 28.9 Å². The van der Waals surface area contributed by atoms with Gasteiger partial charge in [-0.05, 0) is 43.9 Å². The number of guanidine groups is 1. The van der Waals surface area contributed by atoms with Crippen molar-refractivity contribution in [1.29, 1.82) is 0 Å². The smallest absolute Gasteiger partial charge is 0.226 e. The number of benzene rings is 1. The molecule has 1 fully saturated rings. The van der Waals surface area contributed by atoms with E-state index in [1.165, 1.54) is 18.4 Å². The highest BCUT2D eigenvalue weighted by atomic mass is 127. The van der Waals surface area contributed by atoms with Crippen LogP contribution < -0.4 is 10.6 Å². The maximum Gasteiger partial charge on any atom is 0.226 e. The topological polar surface area (TPSA) is 75.3 Å². The van der Waals surface area contributed by atoms with Gasteiger partial charge in [0.05, 0.1) is 0 Å². The van der Waals surface area contributed by atoms with E-state index in [0.29, 0.717) is 11.7 Å². The number of nitrogens with zero attached hydrogens (tertiary/aromatic N) is 3. The van der Waals surface area contributed by atoms with Gasteiger partial charge in [-0.25, -0.2) is 0 Å². The molecule has 6 nitrogen and oxygen atoms in total. The highest BCUT2D eigenvalue weighted by Gasteiger charge is 2.44. The highest BCUT2D eigenvalue weighted by molar-refractivity contribution is 14.0. The number of hydrogen-bond acceptors (Lipinski definition) is 4. The van der Waals surface area contributed by atoms with Crippen LogP contribution in [0.1, 0.15) is 36.5 Å². The summed E-state index contributed by atoms with van der Waals surface area (Å²) in [5.41, 5.74) is 1.48. The molecule has 2 aromatic rings. The van der Waals surface area contributed by atoms with Crippen molar-refractivity contribution in [2.45, 2.75) is 38.0 Å². The van der Waals surface area contributed by atoms with Gasteiger partial charge in [-0.3, -0.25) is 4.99 Å². The second kappa shape index (κ2) is 9.55. The van der Waals surface area contributed by atoms with Gasteiger partial charge in [0.25, 0.3) is 0 Å². The van der Waals surface area contributed by atoms with E-state index >= 15 is 0 Å². The van der Waals surface area contributed by atoms with E-state index in [-0.39, 0.29) is 29.4 Å². The summed E-state index contributed by atoms with van der Waals surface area (Å²) >= 11 is 6.13. The molecule has 1 saturated carbocycles. The van der Waals surface area contributed by atoms with Crippen LogP contribution in [-0.4, -0.2) is 36.2 Å². The molecular formula is C18H25ClIN5O. The zero-order valence-corrected chi connectivity index (χ0v) is 18.2. The van der Waals surface area contributed by atoms with E-state index in [1.807, 2.05) is 19.1 Å². The molecule has 1 aliphatic carbocycles. The Bertz CT molecular complexity index is 745. The van der Waals surface area contributed by atoms with Gasteiger partial charge in [-0.2, -0.15) is 4.98 Å². The molecule has 0 spiro atoms. The summed E-state index contributed by atoms with van der Waals surface area (Å²) in [6.07, 6.45) is 4.01. The highest BCUT2D eigenvalue weighted by Crippen LogP contribution is 2.48. The Balaban J connectivity index is 0.00000243. The molecule has 1 aliphatic rings. The van der Waals surface area contributed by atoms with Crippen molar-refractivity contribution < 1.29 is 4.52 Å². The summed E-state index contributed by atoms with van der Waals surface area (Å²) in [6, 6.07) is 8.16. The molecule has 1 heterocycles. The third-order valence-electron chi connectivity index (χ3n) is 4.54. The first-order valence-corrected chi connectivity index (χ1v) is 8.99. The van der Waals surface area contributed by atoms with E-state index in [1.54, 1.807) is 7.05 Å². The maximum absolute atomic E-state index is 6.13. The minimum absolute atomic E-state index is 0. The van der Waals surface area contributed by atoms with E-state index in [4.69, 9.17) is 16.1 Å². The van der Waals surface area contributed by atoms with Crippen molar-refractivity contribution in [2.75, 3.05) is 20.1 Å². The molecule has 0 saturated heterocycles. The van der Waals surface area contributed by atoms with Crippen LogP contribution in [0.3, 0.4) is 0 Å². The van der Waals surface area contributed by atoms with Crippen molar-refractivity contribution in [3.05, 3.63) is 46.6 Å². The number of hydrogen-bond donors (Lipinski definition) is 2. The van der Waals surface area contributed by atoms with Crippen molar-refractivity contribution in [3.8, 4) is 0 Å². The van der Waals surface area contributed by atoms with Crippen LogP contribution in [0.5, 0.6) is 0 Å². The Kier molecular flexibility index (Phi) is 7.69. The van der Waals surface area contributed by atoms with Crippen LogP contribution in [0.25, 0.3) is 0 Å². The summed E-state index contributed by atoms with van der Waals surface area (Å²) in [5.74, 6) is 2.17. The van der Waals surface area contributed by atoms with Gasteiger partial charge in [0.1, 0.15) is 0 Å². The number of halogens is 2. The summed E-state index contributed by atoms with van der Waals surface area (Å²) < 4.78 is 5.11. The molecule has 0 unspecified atom stereocenters. The maximum atomic E-state index is 6.13. The molecule has 0 bridgehead atoms. The number of aromatic nitrogens is 2. The minimum Gasteiger partial charge on any atom is -0.356 e. The van der Waals surface area contributed by atoms with Gasteiger partial charge < -0.3 is 15.2 Å². The quantitative estimate of drug-likeness (QED) is 0.270.